The average Bonchev–Trinajstić information content (AvgIpc) is 3.83. The van der Waals surface area contributed by atoms with E-state index in [0.717, 1.165) is 25.7 Å². The van der Waals surface area contributed by atoms with Crippen LogP contribution in [0.2, 0.25) is 0 Å². The van der Waals surface area contributed by atoms with E-state index in [2.05, 4.69) is 10.6 Å². The Bertz CT molecular complexity index is 1320. The molecule has 1 aliphatic heterocycles. The average molecular weight is 549 g/mol. The number of para-hydroxylation sites is 2. The molecule has 3 aliphatic rings. The first kappa shape index (κ1) is 26.9. The van der Waals surface area contributed by atoms with Gasteiger partial charge in [-0.25, -0.2) is 9.59 Å². The molecule has 2 aromatic carbocycles. The van der Waals surface area contributed by atoms with E-state index >= 15 is 0 Å². The van der Waals surface area contributed by atoms with Gasteiger partial charge in [0.15, 0.2) is 24.2 Å². The minimum Gasteiger partial charge on any atom is -0.482 e. The molecule has 0 aromatic heterocycles. The summed E-state index contributed by atoms with van der Waals surface area (Å²) in [6.07, 6.45) is 2.96. The fourth-order valence-electron chi connectivity index (χ4n) is 4.51. The summed E-state index contributed by atoms with van der Waals surface area (Å²) in [6, 6.07) is 9.90. The van der Waals surface area contributed by atoms with Gasteiger partial charge in [0.25, 0.3) is 11.8 Å². The number of hydrogen-bond acceptors (Lipinski definition) is 7. The first-order valence-electron chi connectivity index (χ1n) is 13.0. The third-order valence-corrected chi connectivity index (χ3v) is 6.91. The number of fused-ring (bicyclic) bond motifs is 1. The molecular formula is C28H28N4O8. The number of urea groups is 1. The van der Waals surface area contributed by atoms with Crippen molar-refractivity contribution in [2.45, 2.75) is 31.7 Å². The Labute approximate surface area is 229 Å². The zero-order valence-corrected chi connectivity index (χ0v) is 21.5. The summed E-state index contributed by atoms with van der Waals surface area (Å²) in [5, 5.41) is 13.7. The summed E-state index contributed by atoms with van der Waals surface area (Å²) >= 11 is 0. The fourth-order valence-corrected chi connectivity index (χ4v) is 4.51. The predicted molar refractivity (Wildman–Crippen MR) is 142 cm³/mol. The highest BCUT2D eigenvalue weighted by Crippen LogP contribution is 2.37. The lowest BCUT2D eigenvalue weighted by molar-refractivity contribution is -0.139. The van der Waals surface area contributed by atoms with Gasteiger partial charge in [0.05, 0.1) is 24.5 Å². The zero-order valence-electron chi connectivity index (χ0n) is 21.5. The number of rotatable bonds is 11. The molecule has 2 fully saturated rings. The van der Waals surface area contributed by atoms with Crippen molar-refractivity contribution < 1.29 is 38.6 Å². The summed E-state index contributed by atoms with van der Waals surface area (Å²) < 4.78 is 5.12. The lowest BCUT2D eigenvalue weighted by atomic mass is 10.2. The summed E-state index contributed by atoms with van der Waals surface area (Å²) in [7, 11) is 0. The zero-order chi connectivity index (χ0) is 28.4. The van der Waals surface area contributed by atoms with E-state index < -0.39 is 36.5 Å². The van der Waals surface area contributed by atoms with Crippen LogP contribution in [0.4, 0.5) is 21.9 Å². The maximum Gasteiger partial charge on any atom is 0.341 e. The van der Waals surface area contributed by atoms with Crippen molar-refractivity contribution in [2.24, 2.45) is 11.8 Å². The van der Waals surface area contributed by atoms with Gasteiger partial charge in [0.1, 0.15) is 5.75 Å². The molecule has 0 unspecified atom stereocenters. The summed E-state index contributed by atoms with van der Waals surface area (Å²) in [5.41, 5.74) is 0.844. The molecule has 0 radical (unpaired) electrons. The third-order valence-electron chi connectivity index (χ3n) is 6.91. The number of ketones is 2. The number of Topliss-reactive ketones (excluding diaryl/α,β-unsaturated/α-hetero) is 2. The number of anilines is 3. The first-order valence-corrected chi connectivity index (χ1v) is 13.0. The number of carboxylic acid groups (broad SMARTS) is 1. The van der Waals surface area contributed by atoms with Crippen LogP contribution in [0.3, 0.4) is 0 Å². The van der Waals surface area contributed by atoms with Crippen LogP contribution in [-0.2, 0) is 24.0 Å². The van der Waals surface area contributed by atoms with Gasteiger partial charge in [0, 0.05) is 23.6 Å². The minimum atomic E-state index is -1.71. The van der Waals surface area contributed by atoms with E-state index in [-0.39, 0.29) is 47.9 Å². The van der Waals surface area contributed by atoms with Gasteiger partial charge in [-0.2, -0.15) is 0 Å². The Morgan fingerprint density at radius 2 is 1.38 bits per heavy atom. The second kappa shape index (κ2) is 11.2. The molecule has 2 aliphatic carbocycles. The normalized spacial score (nSPS) is 17.1. The van der Waals surface area contributed by atoms with Crippen molar-refractivity contribution in [3.8, 4) is 5.75 Å². The molecule has 0 atom stereocenters. The molecule has 3 N–H and O–H groups in total. The smallest absolute Gasteiger partial charge is 0.341 e. The number of hydrogen-bond donors (Lipinski definition) is 3. The number of nitrogens with zero attached hydrogens (tertiary/aromatic N) is 2. The van der Waals surface area contributed by atoms with Crippen LogP contribution in [0.25, 0.3) is 0 Å². The maximum absolute atomic E-state index is 13.8. The number of aliphatic carboxylic acids is 1. The first-order chi connectivity index (χ1) is 19.2. The summed E-state index contributed by atoms with van der Waals surface area (Å²) in [6.45, 7) is -1.10. The minimum absolute atomic E-state index is 0.139. The molecule has 0 saturated heterocycles. The number of benzene rings is 2. The molecule has 1 heterocycles. The third kappa shape index (κ3) is 6.11. The van der Waals surface area contributed by atoms with Gasteiger partial charge in [-0.05, 0) is 49.9 Å². The van der Waals surface area contributed by atoms with Gasteiger partial charge in [-0.3, -0.25) is 19.2 Å². The van der Waals surface area contributed by atoms with Crippen LogP contribution in [-0.4, -0.2) is 66.2 Å². The van der Waals surface area contributed by atoms with Gasteiger partial charge in [0.2, 0.25) is 0 Å². The highest BCUT2D eigenvalue weighted by atomic mass is 16.5. The Morgan fingerprint density at radius 1 is 0.825 bits per heavy atom. The Balaban J connectivity index is 1.41. The molecule has 0 bridgehead atoms. The van der Waals surface area contributed by atoms with Crippen molar-refractivity contribution in [1.29, 1.82) is 0 Å². The van der Waals surface area contributed by atoms with Crippen molar-refractivity contribution in [3.63, 3.8) is 0 Å². The lowest BCUT2D eigenvalue weighted by Crippen LogP contribution is -2.57. The quantitative estimate of drug-likeness (QED) is 0.359. The number of carbonyl (C=O) groups excluding carboxylic acids is 5. The van der Waals surface area contributed by atoms with Crippen LogP contribution in [0, 0.1) is 11.8 Å². The largest absolute Gasteiger partial charge is 0.482 e. The fraction of sp³-hybridized carbons (Fsp3) is 0.357. The number of carboxylic acids is 1. The molecule has 208 valence electrons. The van der Waals surface area contributed by atoms with Gasteiger partial charge >= 0.3 is 12.0 Å². The molecule has 2 saturated carbocycles. The van der Waals surface area contributed by atoms with Crippen LogP contribution in [0.15, 0.2) is 48.5 Å². The summed E-state index contributed by atoms with van der Waals surface area (Å²) in [4.78, 5) is 79.3. The predicted octanol–water partition coefficient (Wildman–Crippen LogP) is 1.98. The number of ether oxygens (including phenoxy) is 1. The molecular weight excluding hydrogens is 520 g/mol. The van der Waals surface area contributed by atoms with Crippen LogP contribution >= 0.6 is 0 Å². The Kier molecular flexibility index (Phi) is 7.50. The second-order valence-electron chi connectivity index (χ2n) is 10.1. The monoisotopic (exact) mass is 548 g/mol. The molecule has 40 heavy (non-hydrogen) atoms. The second-order valence-corrected chi connectivity index (χ2v) is 10.1. The lowest BCUT2D eigenvalue weighted by Gasteiger charge is -2.24. The topological polar surface area (TPSA) is 162 Å². The van der Waals surface area contributed by atoms with E-state index in [1.165, 1.54) is 34.1 Å². The van der Waals surface area contributed by atoms with Gasteiger partial charge < -0.3 is 30.3 Å². The standard InChI is InChI=1S/C28H28N4O8/c33-22(16-8-9-16)13-31-20-6-1-2-7-21(20)32(14-23(34)17-10-11-17)27(38)25(26(31)37)30-28(39)29-18-4-3-5-19(12-18)40-15-24(35)36/h1-7,12,16-17,25H,8-11,13-15H2,(H,35,36)(H2,29,30,39). The highest BCUT2D eigenvalue weighted by Gasteiger charge is 2.44. The number of amides is 4. The van der Waals surface area contributed by atoms with Gasteiger partial charge in [-0.15, -0.1) is 0 Å². The van der Waals surface area contributed by atoms with E-state index in [9.17, 15) is 28.8 Å². The number of carbonyl (C=O) groups is 6. The van der Waals surface area contributed by atoms with Gasteiger partial charge in [-0.1, -0.05) is 18.2 Å². The highest BCUT2D eigenvalue weighted by molar-refractivity contribution is 6.23. The van der Waals surface area contributed by atoms with Crippen molar-refractivity contribution in [1.82, 2.24) is 5.32 Å². The Morgan fingerprint density at radius 3 is 1.88 bits per heavy atom. The van der Waals surface area contributed by atoms with E-state index in [1.54, 1.807) is 24.3 Å². The van der Waals surface area contributed by atoms with Crippen LogP contribution in [0.5, 0.6) is 5.75 Å². The number of nitrogens with one attached hydrogen (secondary N) is 2. The van der Waals surface area contributed by atoms with Crippen molar-refractivity contribution >= 4 is 52.4 Å². The molecule has 2 aromatic rings. The van der Waals surface area contributed by atoms with Crippen LogP contribution in [0.1, 0.15) is 25.7 Å². The van der Waals surface area contributed by atoms with Crippen LogP contribution < -0.4 is 25.2 Å². The molecule has 5 rings (SSSR count). The van der Waals surface area contributed by atoms with E-state index in [4.69, 9.17) is 9.84 Å². The molecule has 12 heteroatoms. The molecule has 4 amide bonds. The van der Waals surface area contributed by atoms with Crippen molar-refractivity contribution in [2.75, 3.05) is 34.8 Å². The maximum atomic E-state index is 13.8. The molecule has 0 spiro atoms. The van der Waals surface area contributed by atoms with E-state index in [1.807, 2.05) is 0 Å². The molecule has 12 nitrogen and oxygen atoms in total. The Hall–Kier alpha value is -4.74. The van der Waals surface area contributed by atoms with E-state index in [0.29, 0.717) is 11.4 Å². The summed E-state index contributed by atoms with van der Waals surface area (Å²) in [5.74, 6) is -3.13. The van der Waals surface area contributed by atoms with Crippen molar-refractivity contribution in [3.05, 3.63) is 48.5 Å². The SMILES string of the molecule is O=C(O)COc1cccc(NC(=O)NC2C(=O)N(CC(=O)C3CC3)c3ccccc3N(CC(=O)C3CC3)C2=O)c1.